The molecule has 0 saturated carbocycles. The Bertz CT molecular complexity index is 454. The van der Waals surface area contributed by atoms with Gasteiger partial charge in [0.2, 0.25) is 0 Å². The molecule has 0 heterocycles. The summed E-state index contributed by atoms with van der Waals surface area (Å²) in [6.07, 6.45) is 4.48. The Labute approximate surface area is 118 Å². The van der Waals surface area contributed by atoms with Gasteiger partial charge in [-0.2, -0.15) is 0 Å². The number of carbonyl (C=O) groups is 1. The molecular weight excluding hydrogens is 260 g/mol. The first-order chi connectivity index (χ1) is 9.71. The van der Waals surface area contributed by atoms with Gasteiger partial charge < -0.3 is 19.3 Å². The van der Waals surface area contributed by atoms with Crippen molar-refractivity contribution in [3.05, 3.63) is 29.8 Å². The van der Waals surface area contributed by atoms with Crippen LogP contribution in [0.25, 0.3) is 6.08 Å². The highest BCUT2D eigenvalue weighted by Gasteiger charge is 2.05. The van der Waals surface area contributed by atoms with Gasteiger partial charge in [0.15, 0.2) is 11.5 Å². The third-order valence-corrected chi connectivity index (χ3v) is 2.61. The lowest BCUT2D eigenvalue weighted by Crippen LogP contribution is -2.00. The van der Waals surface area contributed by atoms with E-state index in [1.165, 1.54) is 13.2 Å². The number of carbonyl (C=O) groups excluding carboxylic acids is 1. The maximum absolute atomic E-state index is 11.0. The Morgan fingerprint density at radius 3 is 2.70 bits per heavy atom. The van der Waals surface area contributed by atoms with Crippen LogP contribution in [-0.2, 0) is 9.53 Å². The zero-order valence-electron chi connectivity index (χ0n) is 11.8. The number of hydrogen-bond acceptors (Lipinski definition) is 5. The minimum Gasteiger partial charge on any atom is -0.493 e. The number of hydrogen-bond donors (Lipinski definition) is 1. The average Bonchev–Trinajstić information content (AvgIpc) is 2.49. The van der Waals surface area contributed by atoms with Gasteiger partial charge in [-0.25, -0.2) is 4.79 Å². The summed E-state index contributed by atoms with van der Waals surface area (Å²) < 4.78 is 15.4. The molecule has 1 aromatic carbocycles. The maximum Gasteiger partial charge on any atom is 0.330 e. The molecule has 1 rings (SSSR count). The molecule has 0 aliphatic rings. The molecule has 0 aliphatic heterocycles. The van der Waals surface area contributed by atoms with E-state index < -0.39 is 5.97 Å². The van der Waals surface area contributed by atoms with Crippen LogP contribution in [0.1, 0.15) is 18.4 Å². The van der Waals surface area contributed by atoms with Gasteiger partial charge in [0, 0.05) is 12.7 Å². The van der Waals surface area contributed by atoms with E-state index in [-0.39, 0.29) is 6.61 Å². The summed E-state index contributed by atoms with van der Waals surface area (Å²) >= 11 is 0. The fraction of sp³-hybridized carbons (Fsp3) is 0.400. The second-order valence-electron chi connectivity index (χ2n) is 4.05. The molecule has 0 aromatic heterocycles. The number of aliphatic hydroxyl groups excluding tert-OH is 1. The highest BCUT2D eigenvalue weighted by molar-refractivity contribution is 5.87. The smallest absolute Gasteiger partial charge is 0.330 e. The lowest BCUT2D eigenvalue weighted by Gasteiger charge is -2.11. The summed E-state index contributed by atoms with van der Waals surface area (Å²) in [5, 5.41) is 8.70. The van der Waals surface area contributed by atoms with Gasteiger partial charge in [-0.1, -0.05) is 6.07 Å². The van der Waals surface area contributed by atoms with E-state index >= 15 is 0 Å². The number of ether oxygens (including phenoxy) is 3. The lowest BCUT2D eigenvalue weighted by atomic mass is 10.2. The summed E-state index contributed by atoms with van der Waals surface area (Å²) in [4.78, 5) is 11.0. The van der Waals surface area contributed by atoms with Crippen molar-refractivity contribution in [2.75, 3.05) is 27.4 Å². The molecular formula is C15H20O5. The standard InChI is InChI=1S/C15H20O5/c1-18-14-11-12(6-8-15(17)19-2)5-7-13(14)20-10-4-3-9-16/h5-8,11,16H,3-4,9-10H2,1-2H3. The number of aliphatic hydroxyl groups is 1. The predicted molar refractivity (Wildman–Crippen MR) is 75.9 cm³/mol. The van der Waals surface area contributed by atoms with Gasteiger partial charge in [0.1, 0.15) is 0 Å². The van der Waals surface area contributed by atoms with E-state index in [4.69, 9.17) is 14.6 Å². The summed E-state index contributed by atoms with van der Waals surface area (Å²) in [5.74, 6) is 0.829. The second kappa shape index (κ2) is 8.98. The van der Waals surface area contributed by atoms with Gasteiger partial charge in [-0.3, -0.25) is 0 Å². The second-order valence-corrected chi connectivity index (χ2v) is 4.05. The molecule has 5 heteroatoms. The quantitative estimate of drug-likeness (QED) is 0.448. The van der Waals surface area contributed by atoms with Gasteiger partial charge in [0.05, 0.1) is 20.8 Å². The van der Waals surface area contributed by atoms with Gasteiger partial charge in [-0.05, 0) is 36.6 Å². The van der Waals surface area contributed by atoms with E-state index in [9.17, 15) is 4.79 Å². The summed E-state index contributed by atoms with van der Waals surface area (Å²) in [5.41, 5.74) is 0.815. The Balaban J connectivity index is 2.69. The first-order valence-corrected chi connectivity index (χ1v) is 6.39. The van der Waals surface area contributed by atoms with Crippen molar-refractivity contribution in [2.24, 2.45) is 0 Å². The Morgan fingerprint density at radius 1 is 1.25 bits per heavy atom. The van der Waals surface area contributed by atoms with Crippen molar-refractivity contribution in [2.45, 2.75) is 12.8 Å². The molecule has 0 saturated heterocycles. The molecule has 1 aromatic rings. The van der Waals surface area contributed by atoms with Crippen LogP contribution >= 0.6 is 0 Å². The number of methoxy groups -OCH3 is 2. The van der Waals surface area contributed by atoms with E-state index in [0.717, 1.165) is 12.0 Å². The third-order valence-electron chi connectivity index (χ3n) is 2.61. The van der Waals surface area contributed by atoms with Gasteiger partial charge >= 0.3 is 5.97 Å². The fourth-order valence-corrected chi connectivity index (χ4v) is 1.54. The molecule has 0 spiro atoms. The fourth-order valence-electron chi connectivity index (χ4n) is 1.54. The lowest BCUT2D eigenvalue weighted by molar-refractivity contribution is -0.134. The maximum atomic E-state index is 11.0. The van der Waals surface area contributed by atoms with Crippen LogP contribution in [0.15, 0.2) is 24.3 Å². The molecule has 0 fully saturated rings. The minimum absolute atomic E-state index is 0.164. The molecule has 0 aliphatic carbocycles. The van der Waals surface area contributed by atoms with Crippen LogP contribution in [0, 0.1) is 0 Å². The first-order valence-electron chi connectivity index (χ1n) is 6.39. The van der Waals surface area contributed by atoms with Crippen molar-refractivity contribution >= 4 is 12.0 Å². The largest absolute Gasteiger partial charge is 0.493 e. The van der Waals surface area contributed by atoms with Crippen LogP contribution < -0.4 is 9.47 Å². The normalized spacial score (nSPS) is 10.6. The third kappa shape index (κ3) is 5.32. The SMILES string of the molecule is COC(=O)C=Cc1ccc(OCCCCO)c(OC)c1. The first kappa shape index (κ1) is 16.0. The monoisotopic (exact) mass is 280 g/mol. The van der Waals surface area contributed by atoms with Crippen LogP contribution in [0.3, 0.4) is 0 Å². The average molecular weight is 280 g/mol. The van der Waals surface area contributed by atoms with Gasteiger partial charge in [-0.15, -0.1) is 0 Å². The Hall–Kier alpha value is -2.01. The molecule has 110 valence electrons. The molecule has 5 nitrogen and oxygen atoms in total. The van der Waals surface area contributed by atoms with Crippen molar-refractivity contribution in [1.29, 1.82) is 0 Å². The van der Waals surface area contributed by atoms with Crippen LogP contribution in [0.2, 0.25) is 0 Å². The van der Waals surface area contributed by atoms with Crippen molar-refractivity contribution in [1.82, 2.24) is 0 Å². The molecule has 0 atom stereocenters. The molecule has 0 amide bonds. The van der Waals surface area contributed by atoms with E-state index in [1.807, 2.05) is 6.07 Å². The molecule has 0 bridgehead atoms. The topological polar surface area (TPSA) is 65.0 Å². The number of rotatable bonds is 8. The summed E-state index contributed by atoms with van der Waals surface area (Å²) in [6, 6.07) is 5.39. The van der Waals surface area contributed by atoms with E-state index in [1.54, 1.807) is 25.3 Å². The summed E-state index contributed by atoms with van der Waals surface area (Å²) in [7, 11) is 2.89. The molecule has 1 N–H and O–H groups in total. The van der Waals surface area contributed by atoms with Crippen LogP contribution in [-0.4, -0.2) is 38.5 Å². The van der Waals surface area contributed by atoms with Crippen molar-refractivity contribution < 1.29 is 24.1 Å². The molecule has 0 unspecified atom stereocenters. The Morgan fingerprint density at radius 2 is 2.05 bits per heavy atom. The molecule has 20 heavy (non-hydrogen) atoms. The van der Waals surface area contributed by atoms with E-state index in [2.05, 4.69) is 4.74 Å². The van der Waals surface area contributed by atoms with Crippen molar-refractivity contribution in [3.63, 3.8) is 0 Å². The van der Waals surface area contributed by atoms with E-state index in [0.29, 0.717) is 24.5 Å². The predicted octanol–water partition coefficient (Wildman–Crippen LogP) is 2.03. The number of benzene rings is 1. The summed E-state index contributed by atoms with van der Waals surface area (Å²) in [6.45, 7) is 0.687. The van der Waals surface area contributed by atoms with Crippen molar-refractivity contribution in [3.8, 4) is 11.5 Å². The highest BCUT2D eigenvalue weighted by atomic mass is 16.5. The zero-order valence-corrected chi connectivity index (χ0v) is 11.8. The highest BCUT2D eigenvalue weighted by Crippen LogP contribution is 2.28. The molecule has 0 radical (unpaired) electrons. The Kier molecular flexibility index (Phi) is 7.21. The van der Waals surface area contributed by atoms with Gasteiger partial charge in [0.25, 0.3) is 0 Å². The minimum atomic E-state index is -0.409. The zero-order chi connectivity index (χ0) is 14.8. The number of unbranched alkanes of at least 4 members (excludes halogenated alkanes) is 1. The van der Waals surface area contributed by atoms with Crippen LogP contribution in [0.4, 0.5) is 0 Å². The van der Waals surface area contributed by atoms with Crippen LogP contribution in [0.5, 0.6) is 11.5 Å². The number of esters is 1.